The van der Waals surface area contributed by atoms with Crippen molar-refractivity contribution in [2.75, 3.05) is 19.9 Å². The topological polar surface area (TPSA) is 135 Å². The van der Waals surface area contributed by atoms with Crippen molar-refractivity contribution in [1.29, 1.82) is 0 Å². The van der Waals surface area contributed by atoms with E-state index in [0.29, 0.717) is 25.1 Å². The van der Waals surface area contributed by atoms with Gasteiger partial charge in [-0.15, -0.1) is 0 Å². The minimum absolute atomic E-state index is 0. The minimum atomic E-state index is -0.853. The maximum atomic E-state index is 11.6. The van der Waals surface area contributed by atoms with Gasteiger partial charge in [-0.05, 0) is 49.4 Å². The van der Waals surface area contributed by atoms with Crippen molar-refractivity contribution >= 4 is 12.1 Å². The third kappa shape index (κ3) is 9.16. The number of carboxylic acids is 1. The fourth-order valence-electron chi connectivity index (χ4n) is 2.45. The van der Waals surface area contributed by atoms with Gasteiger partial charge in [0.05, 0.1) is 0 Å². The zero-order valence-electron chi connectivity index (χ0n) is 15.9. The molecule has 0 spiro atoms. The van der Waals surface area contributed by atoms with Crippen LogP contribution in [0.3, 0.4) is 0 Å². The molecule has 1 aromatic rings. The van der Waals surface area contributed by atoms with Gasteiger partial charge in [0, 0.05) is 58.3 Å². The summed E-state index contributed by atoms with van der Waals surface area (Å²) < 4.78 is 10.6. The number of carboxylic acid groups (broad SMARTS) is 1. The van der Waals surface area contributed by atoms with Crippen molar-refractivity contribution in [3.63, 3.8) is 0 Å². The van der Waals surface area contributed by atoms with Gasteiger partial charge in [0.25, 0.3) is 0 Å². The molecule has 1 heterocycles. The third-order valence-electron chi connectivity index (χ3n) is 3.73. The summed E-state index contributed by atoms with van der Waals surface area (Å²) in [6, 6.07) is 5.53. The van der Waals surface area contributed by atoms with Gasteiger partial charge in [0.1, 0.15) is 0 Å². The molecule has 0 bridgehead atoms. The van der Waals surface area contributed by atoms with Crippen LogP contribution in [0.2, 0.25) is 0 Å². The molecule has 0 aromatic heterocycles. The van der Waals surface area contributed by atoms with Crippen LogP contribution < -0.4 is 9.47 Å². The van der Waals surface area contributed by atoms with E-state index in [1.165, 1.54) is 4.90 Å². The van der Waals surface area contributed by atoms with Crippen molar-refractivity contribution in [3.8, 4) is 11.5 Å². The molecule has 1 radical (unpaired) electrons. The van der Waals surface area contributed by atoms with E-state index in [-0.39, 0.29) is 58.6 Å². The average Bonchev–Trinajstić information content (AvgIpc) is 3.09. The number of fused-ring (bicyclic) bond motifs is 1. The van der Waals surface area contributed by atoms with Crippen LogP contribution in [0.25, 0.3) is 0 Å². The van der Waals surface area contributed by atoms with E-state index in [1.54, 1.807) is 0 Å². The quantitative estimate of drug-likeness (QED) is 0.381. The van der Waals surface area contributed by atoms with E-state index in [4.69, 9.17) is 24.9 Å². The maximum Gasteiger partial charge on any atom is 0.444 e. The molecular weight excluding hydrogens is 451 g/mol. The van der Waals surface area contributed by atoms with Gasteiger partial charge >= 0.3 is 12.1 Å². The van der Waals surface area contributed by atoms with Gasteiger partial charge in [-0.2, -0.15) is 0 Å². The Balaban J connectivity index is 0.000000786. The second-order valence-electron chi connectivity index (χ2n) is 5.67. The van der Waals surface area contributed by atoms with E-state index >= 15 is 0 Å². The predicted octanol–water partition coefficient (Wildman–Crippen LogP) is 2.05. The Hall–Kier alpha value is -1.46. The number of carbonyl (C=O) groups is 2. The van der Waals surface area contributed by atoms with Gasteiger partial charge < -0.3 is 24.6 Å². The van der Waals surface area contributed by atoms with Crippen LogP contribution in [0, 0.1) is 0 Å². The standard InChI is InChI=1S/C13H17NO6.C4H8O3.Y/c1-3-14(13(15)19-20-16)9(2)6-10-4-5-11-12(7-10)18-8-17-11;5-3-1-2-4(6)7;/h4-5,7,9,16H,3,6,8H2,1-2H3;5H,1-3H2,(H,6,7);. The van der Waals surface area contributed by atoms with E-state index in [9.17, 15) is 9.59 Å². The molecule has 155 valence electrons. The summed E-state index contributed by atoms with van der Waals surface area (Å²) in [7, 11) is 0. The average molecular weight is 476 g/mol. The molecule has 0 saturated carbocycles. The first-order valence-electron chi connectivity index (χ1n) is 8.42. The van der Waals surface area contributed by atoms with Crippen LogP contribution in [0.1, 0.15) is 32.3 Å². The van der Waals surface area contributed by atoms with E-state index in [0.717, 1.165) is 11.3 Å². The maximum absolute atomic E-state index is 11.6. The predicted molar refractivity (Wildman–Crippen MR) is 92.3 cm³/mol. The molecule has 1 unspecified atom stereocenters. The Morgan fingerprint density at radius 1 is 1.29 bits per heavy atom. The molecule has 1 atom stereocenters. The van der Waals surface area contributed by atoms with Gasteiger partial charge in [0.2, 0.25) is 6.79 Å². The SMILES string of the molecule is CCN(C(=O)OOO)C(C)Cc1ccc2c(c1)OCO2.O=C(O)CCCO.[Y]. The van der Waals surface area contributed by atoms with Crippen molar-refractivity contribution < 1.29 is 77.2 Å². The Bertz CT molecular complexity index is 614. The van der Waals surface area contributed by atoms with Crippen molar-refractivity contribution in [1.82, 2.24) is 4.90 Å². The number of hydrogen-bond acceptors (Lipinski definition) is 8. The largest absolute Gasteiger partial charge is 0.481 e. The zero-order chi connectivity index (χ0) is 20.2. The fourth-order valence-corrected chi connectivity index (χ4v) is 2.45. The molecule has 10 nitrogen and oxygen atoms in total. The Kier molecular flexibility index (Phi) is 13.8. The summed E-state index contributed by atoms with van der Waals surface area (Å²) in [5.74, 6) is 0.579. The molecule has 28 heavy (non-hydrogen) atoms. The van der Waals surface area contributed by atoms with E-state index < -0.39 is 12.1 Å². The van der Waals surface area contributed by atoms with Crippen LogP contribution in [-0.4, -0.2) is 58.4 Å². The molecule has 1 aliphatic heterocycles. The van der Waals surface area contributed by atoms with Crippen LogP contribution in [-0.2, 0) is 53.9 Å². The summed E-state index contributed by atoms with van der Waals surface area (Å²) >= 11 is 0. The van der Waals surface area contributed by atoms with Crippen molar-refractivity contribution in [2.24, 2.45) is 0 Å². The summed E-state index contributed by atoms with van der Waals surface area (Å²) in [6.07, 6.45) is 0.305. The monoisotopic (exact) mass is 476 g/mol. The molecule has 0 fully saturated rings. The molecule has 0 saturated heterocycles. The summed E-state index contributed by atoms with van der Waals surface area (Å²) in [5.41, 5.74) is 1.01. The molecular formula is C17H25NO9Y. The number of likely N-dealkylation sites (N-methyl/N-ethyl adjacent to an activating group) is 1. The zero-order valence-corrected chi connectivity index (χ0v) is 18.7. The van der Waals surface area contributed by atoms with Gasteiger partial charge in [-0.3, -0.25) is 4.79 Å². The van der Waals surface area contributed by atoms with Gasteiger partial charge in [0.15, 0.2) is 11.5 Å². The van der Waals surface area contributed by atoms with Crippen LogP contribution >= 0.6 is 0 Å². The number of ether oxygens (including phenoxy) is 2. The first-order valence-corrected chi connectivity index (χ1v) is 8.42. The van der Waals surface area contributed by atoms with Crippen molar-refractivity contribution in [3.05, 3.63) is 23.8 Å². The fraction of sp³-hybridized carbons (Fsp3) is 0.529. The summed E-state index contributed by atoms with van der Waals surface area (Å²) in [6.45, 7) is 4.33. The molecule has 1 aromatic carbocycles. The molecule has 2 rings (SSSR count). The number of carbonyl (C=O) groups excluding carboxylic acids is 1. The summed E-state index contributed by atoms with van der Waals surface area (Å²) in [5, 5.41) is 27.6. The molecule has 11 heteroatoms. The van der Waals surface area contributed by atoms with Gasteiger partial charge in [-0.1, -0.05) is 6.07 Å². The summed E-state index contributed by atoms with van der Waals surface area (Å²) in [4.78, 5) is 26.8. The van der Waals surface area contributed by atoms with E-state index in [1.807, 2.05) is 32.0 Å². The number of aliphatic hydroxyl groups is 1. The normalized spacial score (nSPS) is 12.1. The first kappa shape index (κ1) is 26.5. The molecule has 3 N–H and O–H groups in total. The van der Waals surface area contributed by atoms with Gasteiger partial charge in [-0.25, -0.2) is 14.9 Å². The van der Waals surface area contributed by atoms with E-state index in [2.05, 4.69) is 9.93 Å². The Morgan fingerprint density at radius 3 is 2.50 bits per heavy atom. The molecule has 1 aliphatic rings. The number of aliphatic carboxylic acids is 1. The minimum Gasteiger partial charge on any atom is -0.481 e. The molecule has 1 amide bonds. The third-order valence-corrected chi connectivity index (χ3v) is 3.73. The second kappa shape index (κ2) is 14.5. The number of benzene rings is 1. The Labute approximate surface area is 188 Å². The number of rotatable bonds is 8. The van der Waals surface area contributed by atoms with Crippen LogP contribution in [0.4, 0.5) is 4.79 Å². The number of nitrogens with zero attached hydrogens (tertiary/aromatic N) is 1. The van der Waals surface area contributed by atoms with Crippen LogP contribution in [0.5, 0.6) is 11.5 Å². The number of amides is 1. The molecule has 0 aliphatic carbocycles. The first-order chi connectivity index (χ1) is 12.9. The van der Waals surface area contributed by atoms with Crippen LogP contribution in [0.15, 0.2) is 18.2 Å². The van der Waals surface area contributed by atoms with Crippen molar-refractivity contribution in [2.45, 2.75) is 39.2 Å². The number of aliphatic hydroxyl groups excluding tert-OH is 1. The second-order valence-corrected chi connectivity index (χ2v) is 5.67. The number of hydrogen-bond donors (Lipinski definition) is 3. The smallest absolute Gasteiger partial charge is 0.444 e. The Morgan fingerprint density at radius 2 is 1.96 bits per heavy atom.